The van der Waals surface area contributed by atoms with E-state index in [0.717, 1.165) is 6.54 Å². The Bertz CT molecular complexity index is 307. The van der Waals surface area contributed by atoms with Crippen molar-refractivity contribution in [3.63, 3.8) is 0 Å². The summed E-state index contributed by atoms with van der Waals surface area (Å²) in [6.07, 6.45) is 0. The molecule has 0 aromatic heterocycles. The van der Waals surface area contributed by atoms with Crippen LogP contribution < -0.4 is 5.32 Å². The number of benzene rings is 1. The zero-order valence-electron chi connectivity index (χ0n) is 9.22. The van der Waals surface area contributed by atoms with Gasteiger partial charge >= 0.3 is 0 Å². The second-order valence-electron chi connectivity index (χ2n) is 3.69. The topological polar surface area (TPSA) is 32.3 Å². The zero-order chi connectivity index (χ0) is 10.6. The SMILES string of the molecule is Cc1ccc(CNCCO)c(C)c1C. The molecule has 0 radical (unpaired) electrons. The molecule has 0 saturated heterocycles. The molecule has 2 N–H and O–H groups in total. The van der Waals surface area contributed by atoms with Crippen LogP contribution in [0.2, 0.25) is 0 Å². The molecule has 0 unspecified atom stereocenters. The molecule has 0 aliphatic rings. The van der Waals surface area contributed by atoms with E-state index in [1.54, 1.807) is 0 Å². The Balaban J connectivity index is 2.73. The van der Waals surface area contributed by atoms with Crippen molar-refractivity contribution in [1.29, 1.82) is 0 Å². The largest absolute Gasteiger partial charge is 0.395 e. The van der Waals surface area contributed by atoms with Crippen LogP contribution in [0.25, 0.3) is 0 Å². The molecule has 0 atom stereocenters. The molecule has 0 aliphatic heterocycles. The van der Waals surface area contributed by atoms with Crippen molar-refractivity contribution in [2.24, 2.45) is 0 Å². The first-order valence-corrected chi connectivity index (χ1v) is 5.04. The molecule has 2 nitrogen and oxygen atoms in total. The Labute approximate surface area is 86.0 Å². The molecular formula is C12H19NO. The lowest BCUT2D eigenvalue weighted by atomic mass is 9.99. The van der Waals surface area contributed by atoms with Gasteiger partial charge in [-0.05, 0) is 43.0 Å². The fraction of sp³-hybridized carbons (Fsp3) is 0.500. The molecule has 0 aliphatic carbocycles. The minimum atomic E-state index is 0.198. The molecular weight excluding hydrogens is 174 g/mol. The van der Waals surface area contributed by atoms with Crippen LogP contribution in [0.4, 0.5) is 0 Å². The summed E-state index contributed by atoms with van der Waals surface area (Å²) in [5.41, 5.74) is 5.39. The van der Waals surface area contributed by atoms with Crippen LogP contribution in [0.1, 0.15) is 22.3 Å². The van der Waals surface area contributed by atoms with E-state index in [1.165, 1.54) is 22.3 Å². The summed E-state index contributed by atoms with van der Waals surface area (Å²) < 4.78 is 0. The van der Waals surface area contributed by atoms with Crippen molar-refractivity contribution >= 4 is 0 Å². The van der Waals surface area contributed by atoms with Crippen LogP contribution >= 0.6 is 0 Å². The van der Waals surface area contributed by atoms with Crippen molar-refractivity contribution in [2.45, 2.75) is 27.3 Å². The lowest BCUT2D eigenvalue weighted by Crippen LogP contribution is -2.18. The second kappa shape index (κ2) is 5.13. The summed E-state index contributed by atoms with van der Waals surface area (Å²) in [6, 6.07) is 4.31. The van der Waals surface area contributed by atoms with Crippen LogP contribution in [0, 0.1) is 20.8 Å². The molecule has 2 heteroatoms. The summed E-state index contributed by atoms with van der Waals surface area (Å²) in [4.78, 5) is 0. The van der Waals surface area contributed by atoms with Crippen LogP contribution in [-0.2, 0) is 6.54 Å². The third kappa shape index (κ3) is 2.56. The molecule has 0 fully saturated rings. The summed E-state index contributed by atoms with van der Waals surface area (Å²) in [7, 11) is 0. The highest BCUT2D eigenvalue weighted by Gasteiger charge is 2.02. The number of hydrogen-bond donors (Lipinski definition) is 2. The normalized spacial score (nSPS) is 10.6. The fourth-order valence-electron chi connectivity index (χ4n) is 1.51. The standard InChI is InChI=1S/C12H19NO/c1-9-4-5-12(8-13-6-7-14)11(3)10(9)2/h4-5,13-14H,6-8H2,1-3H3. The van der Waals surface area contributed by atoms with Crippen LogP contribution in [0.15, 0.2) is 12.1 Å². The van der Waals surface area contributed by atoms with E-state index in [4.69, 9.17) is 5.11 Å². The molecule has 1 aromatic rings. The first-order valence-electron chi connectivity index (χ1n) is 5.04. The average Bonchev–Trinajstić information content (AvgIpc) is 2.18. The Morgan fingerprint density at radius 2 is 1.86 bits per heavy atom. The van der Waals surface area contributed by atoms with Crippen molar-refractivity contribution in [2.75, 3.05) is 13.2 Å². The average molecular weight is 193 g/mol. The predicted octanol–water partition coefficient (Wildman–Crippen LogP) is 1.69. The van der Waals surface area contributed by atoms with Gasteiger partial charge in [-0.3, -0.25) is 0 Å². The van der Waals surface area contributed by atoms with E-state index in [1.807, 2.05) is 0 Å². The molecule has 78 valence electrons. The molecule has 0 spiro atoms. The summed E-state index contributed by atoms with van der Waals surface area (Å²) in [5, 5.41) is 11.8. The summed E-state index contributed by atoms with van der Waals surface area (Å²) in [5.74, 6) is 0. The van der Waals surface area contributed by atoms with Crippen molar-refractivity contribution in [3.05, 3.63) is 34.4 Å². The van der Waals surface area contributed by atoms with Crippen molar-refractivity contribution in [3.8, 4) is 0 Å². The van der Waals surface area contributed by atoms with Crippen molar-refractivity contribution in [1.82, 2.24) is 5.32 Å². The lowest BCUT2D eigenvalue weighted by molar-refractivity contribution is 0.292. The van der Waals surface area contributed by atoms with Gasteiger partial charge < -0.3 is 10.4 Å². The summed E-state index contributed by atoms with van der Waals surface area (Å²) >= 11 is 0. The van der Waals surface area contributed by atoms with Gasteiger partial charge in [-0.15, -0.1) is 0 Å². The van der Waals surface area contributed by atoms with Gasteiger partial charge in [0, 0.05) is 13.1 Å². The Kier molecular flexibility index (Phi) is 4.11. The second-order valence-corrected chi connectivity index (χ2v) is 3.69. The number of hydrogen-bond acceptors (Lipinski definition) is 2. The van der Waals surface area contributed by atoms with Gasteiger partial charge in [-0.25, -0.2) is 0 Å². The van der Waals surface area contributed by atoms with E-state index < -0.39 is 0 Å². The van der Waals surface area contributed by atoms with E-state index in [-0.39, 0.29) is 6.61 Å². The van der Waals surface area contributed by atoms with Gasteiger partial charge in [0.1, 0.15) is 0 Å². The fourth-order valence-corrected chi connectivity index (χ4v) is 1.51. The first-order chi connectivity index (χ1) is 6.66. The van der Waals surface area contributed by atoms with Gasteiger partial charge in [0.05, 0.1) is 6.61 Å². The smallest absolute Gasteiger partial charge is 0.0556 e. The van der Waals surface area contributed by atoms with E-state index in [9.17, 15) is 0 Å². The van der Waals surface area contributed by atoms with Crippen molar-refractivity contribution < 1.29 is 5.11 Å². The van der Waals surface area contributed by atoms with Gasteiger partial charge in [-0.1, -0.05) is 12.1 Å². The molecule has 0 amide bonds. The molecule has 0 bridgehead atoms. The maximum Gasteiger partial charge on any atom is 0.0556 e. The third-order valence-electron chi connectivity index (χ3n) is 2.77. The predicted molar refractivity (Wildman–Crippen MR) is 59.4 cm³/mol. The molecule has 1 aromatic carbocycles. The monoisotopic (exact) mass is 193 g/mol. The zero-order valence-corrected chi connectivity index (χ0v) is 9.22. The molecule has 0 saturated carbocycles. The number of nitrogens with one attached hydrogen (secondary N) is 1. The Morgan fingerprint density at radius 1 is 1.14 bits per heavy atom. The highest BCUT2D eigenvalue weighted by Crippen LogP contribution is 2.16. The van der Waals surface area contributed by atoms with Gasteiger partial charge in [0.15, 0.2) is 0 Å². The molecule has 0 heterocycles. The molecule has 14 heavy (non-hydrogen) atoms. The number of aryl methyl sites for hydroxylation is 1. The molecule has 1 rings (SSSR count). The maximum atomic E-state index is 8.65. The van der Waals surface area contributed by atoms with E-state index in [2.05, 4.69) is 38.2 Å². The van der Waals surface area contributed by atoms with E-state index in [0.29, 0.717) is 6.54 Å². The highest BCUT2D eigenvalue weighted by atomic mass is 16.3. The number of aliphatic hydroxyl groups is 1. The van der Waals surface area contributed by atoms with Gasteiger partial charge in [-0.2, -0.15) is 0 Å². The quantitative estimate of drug-likeness (QED) is 0.713. The first kappa shape index (κ1) is 11.2. The van der Waals surface area contributed by atoms with Gasteiger partial charge in [0.25, 0.3) is 0 Å². The lowest BCUT2D eigenvalue weighted by Gasteiger charge is -2.11. The maximum absolute atomic E-state index is 8.65. The Morgan fingerprint density at radius 3 is 2.50 bits per heavy atom. The number of rotatable bonds is 4. The third-order valence-corrected chi connectivity index (χ3v) is 2.77. The highest BCUT2D eigenvalue weighted by molar-refractivity contribution is 5.38. The summed E-state index contributed by atoms with van der Waals surface area (Å²) in [6.45, 7) is 8.13. The van der Waals surface area contributed by atoms with Crippen LogP contribution in [0.3, 0.4) is 0 Å². The van der Waals surface area contributed by atoms with E-state index >= 15 is 0 Å². The van der Waals surface area contributed by atoms with Gasteiger partial charge in [0.2, 0.25) is 0 Å². The Hall–Kier alpha value is -0.860. The van der Waals surface area contributed by atoms with Crippen LogP contribution in [0.5, 0.6) is 0 Å². The minimum Gasteiger partial charge on any atom is -0.395 e. The van der Waals surface area contributed by atoms with Crippen LogP contribution in [-0.4, -0.2) is 18.3 Å². The minimum absolute atomic E-state index is 0.198. The number of aliphatic hydroxyl groups excluding tert-OH is 1.